The zero-order chi connectivity index (χ0) is 19.0. The fourth-order valence-corrected chi connectivity index (χ4v) is 2.71. The van der Waals surface area contributed by atoms with Gasteiger partial charge in [-0.25, -0.2) is 9.97 Å². The summed E-state index contributed by atoms with van der Waals surface area (Å²) in [4.78, 5) is 11.8. The molecule has 0 aliphatic heterocycles. The SMILES string of the molecule is CCCOc1ncccc1CNC(=NC)NCc1nc(C(F)(F)F)cs1. The molecule has 142 valence electrons. The van der Waals surface area contributed by atoms with E-state index in [-0.39, 0.29) is 6.54 Å². The minimum Gasteiger partial charge on any atom is -0.477 e. The fraction of sp³-hybridized carbons (Fsp3) is 0.438. The summed E-state index contributed by atoms with van der Waals surface area (Å²) < 4.78 is 43.3. The van der Waals surface area contributed by atoms with Crippen molar-refractivity contribution in [2.45, 2.75) is 32.6 Å². The Labute approximate surface area is 153 Å². The maximum atomic E-state index is 12.6. The minimum atomic E-state index is -4.43. The maximum Gasteiger partial charge on any atom is 0.434 e. The first-order valence-corrected chi connectivity index (χ1v) is 8.84. The second-order valence-electron chi connectivity index (χ2n) is 5.22. The third-order valence-electron chi connectivity index (χ3n) is 3.21. The molecule has 2 N–H and O–H groups in total. The molecular formula is C16H20F3N5OS. The van der Waals surface area contributed by atoms with Gasteiger partial charge in [-0.05, 0) is 12.5 Å². The number of guanidine groups is 1. The third-order valence-corrected chi connectivity index (χ3v) is 4.06. The molecule has 26 heavy (non-hydrogen) atoms. The molecule has 0 unspecified atom stereocenters. The Bertz CT molecular complexity index is 733. The van der Waals surface area contributed by atoms with Gasteiger partial charge in [0, 0.05) is 30.7 Å². The quantitative estimate of drug-likeness (QED) is 0.564. The molecule has 0 aromatic carbocycles. The highest BCUT2D eigenvalue weighted by Crippen LogP contribution is 2.29. The third kappa shape index (κ3) is 5.87. The van der Waals surface area contributed by atoms with Crippen LogP contribution in [0.1, 0.15) is 29.6 Å². The zero-order valence-corrected chi connectivity index (χ0v) is 15.2. The number of halogens is 3. The van der Waals surface area contributed by atoms with Crippen molar-refractivity contribution >= 4 is 17.3 Å². The molecule has 0 fully saturated rings. The van der Waals surface area contributed by atoms with E-state index in [9.17, 15) is 13.2 Å². The highest BCUT2D eigenvalue weighted by atomic mass is 32.1. The number of ether oxygens (including phenoxy) is 1. The summed E-state index contributed by atoms with van der Waals surface area (Å²) >= 11 is 0.949. The minimum absolute atomic E-state index is 0.145. The van der Waals surface area contributed by atoms with E-state index in [1.54, 1.807) is 19.3 Å². The number of alkyl halides is 3. The monoisotopic (exact) mass is 387 g/mol. The largest absolute Gasteiger partial charge is 0.477 e. The van der Waals surface area contributed by atoms with Crippen LogP contribution < -0.4 is 15.4 Å². The number of hydrogen-bond donors (Lipinski definition) is 2. The Morgan fingerprint density at radius 1 is 1.31 bits per heavy atom. The summed E-state index contributed by atoms with van der Waals surface area (Å²) in [5.74, 6) is 0.992. The van der Waals surface area contributed by atoms with Crippen LogP contribution in [0.15, 0.2) is 28.7 Å². The van der Waals surface area contributed by atoms with Crippen LogP contribution in [0.3, 0.4) is 0 Å². The van der Waals surface area contributed by atoms with E-state index in [2.05, 4.69) is 25.6 Å². The zero-order valence-electron chi connectivity index (χ0n) is 14.4. The van der Waals surface area contributed by atoms with Crippen LogP contribution in [0, 0.1) is 0 Å². The van der Waals surface area contributed by atoms with Crippen molar-refractivity contribution in [3.05, 3.63) is 40.0 Å². The fourth-order valence-electron chi connectivity index (χ4n) is 1.97. The van der Waals surface area contributed by atoms with Crippen LogP contribution in [0.4, 0.5) is 13.2 Å². The summed E-state index contributed by atoms with van der Waals surface area (Å²) in [6.45, 7) is 3.14. The number of nitrogens with one attached hydrogen (secondary N) is 2. The molecule has 2 aromatic rings. The molecule has 2 heterocycles. The molecule has 0 bridgehead atoms. The lowest BCUT2D eigenvalue weighted by Crippen LogP contribution is -2.36. The van der Waals surface area contributed by atoms with Gasteiger partial charge in [-0.2, -0.15) is 13.2 Å². The molecule has 0 amide bonds. The van der Waals surface area contributed by atoms with Crippen LogP contribution in [-0.2, 0) is 19.3 Å². The first kappa shape index (κ1) is 20.0. The van der Waals surface area contributed by atoms with E-state index in [0.29, 0.717) is 30.0 Å². The second kappa shape index (κ2) is 9.37. The Kier molecular flexibility index (Phi) is 7.19. The average molecular weight is 387 g/mol. The van der Waals surface area contributed by atoms with E-state index in [4.69, 9.17) is 4.74 Å². The average Bonchev–Trinajstić information content (AvgIpc) is 3.10. The first-order chi connectivity index (χ1) is 12.4. The highest BCUT2D eigenvalue weighted by molar-refractivity contribution is 7.09. The number of nitrogens with zero attached hydrogens (tertiary/aromatic N) is 3. The van der Waals surface area contributed by atoms with E-state index < -0.39 is 11.9 Å². The first-order valence-electron chi connectivity index (χ1n) is 7.96. The van der Waals surface area contributed by atoms with Crippen LogP contribution in [0.25, 0.3) is 0 Å². The number of rotatable bonds is 7. The number of hydrogen-bond acceptors (Lipinski definition) is 5. The van der Waals surface area contributed by atoms with Gasteiger partial charge in [-0.1, -0.05) is 13.0 Å². The predicted octanol–water partition coefficient (Wildman–Crippen LogP) is 3.21. The van der Waals surface area contributed by atoms with Gasteiger partial charge in [0.05, 0.1) is 13.2 Å². The summed E-state index contributed by atoms with van der Waals surface area (Å²) in [5, 5.41) is 7.35. The van der Waals surface area contributed by atoms with Gasteiger partial charge in [0.1, 0.15) is 5.01 Å². The molecule has 0 saturated heterocycles. The second-order valence-corrected chi connectivity index (χ2v) is 6.16. The van der Waals surface area contributed by atoms with Gasteiger partial charge in [0.15, 0.2) is 11.7 Å². The summed E-state index contributed by atoms with van der Waals surface area (Å²) in [7, 11) is 1.58. The molecule has 2 aromatic heterocycles. The molecule has 0 radical (unpaired) electrons. The standard InChI is InChI=1S/C16H20F3N5OS/c1-3-7-25-14-11(5-4-6-21-14)8-22-15(20-2)23-9-13-24-12(10-26-13)16(17,18)19/h4-6,10H,3,7-9H2,1-2H3,(H2,20,22,23). The topological polar surface area (TPSA) is 71.4 Å². The van der Waals surface area contributed by atoms with Gasteiger partial charge < -0.3 is 15.4 Å². The normalized spacial score (nSPS) is 12.1. The molecule has 0 atom stereocenters. The summed E-state index contributed by atoms with van der Waals surface area (Å²) in [5.41, 5.74) is -0.0205. The number of pyridine rings is 1. The predicted molar refractivity (Wildman–Crippen MR) is 94.2 cm³/mol. The Hall–Kier alpha value is -2.36. The van der Waals surface area contributed by atoms with Crippen molar-refractivity contribution in [3.8, 4) is 5.88 Å². The van der Waals surface area contributed by atoms with Crippen LogP contribution >= 0.6 is 11.3 Å². The van der Waals surface area contributed by atoms with Crippen molar-refractivity contribution in [1.82, 2.24) is 20.6 Å². The number of aliphatic imine (C=N–C) groups is 1. The lowest BCUT2D eigenvalue weighted by Gasteiger charge is -2.13. The van der Waals surface area contributed by atoms with Crippen molar-refractivity contribution in [1.29, 1.82) is 0 Å². The number of aromatic nitrogens is 2. The molecule has 0 aliphatic carbocycles. The lowest BCUT2D eigenvalue weighted by molar-refractivity contribution is -0.140. The Morgan fingerprint density at radius 3 is 2.73 bits per heavy atom. The molecule has 6 nitrogen and oxygen atoms in total. The lowest BCUT2D eigenvalue weighted by atomic mass is 10.2. The molecule has 0 aliphatic rings. The molecule has 0 spiro atoms. The van der Waals surface area contributed by atoms with E-state index in [1.165, 1.54) is 0 Å². The van der Waals surface area contributed by atoms with Crippen LogP contribution in [0.2, 0.25) is 0 Å². The van der Waals surface area contributed by atoms with Crippen LogP contribution in [0.5, 0.6) is 5.88 Å². The van der Waals surface area contributed by atoms with Crippen molar-refractivity contribution < 1.29 is 17.9 Å². The summed E-state index contributed by atoms with van der Waals surface area (Å²) in [6.07, 6.45) is -1.90. The van der Waals surface area contributed by atoms with Crippen molar-refractivity contribution in [2.75, 3.05) is 13.7 Å². The van der Waals surface area contributed by atoms with Gasteiger partial charge in [0.2, 0.25) is 5.88 Å². The van der Waals surface area contributed by atoms with E-state index in [0.717, 1.165) is 28.7 Å². The van der Waals surface area contributed by atoms with Crippen LogP contribution in [-0.4, -0.2) is 29.6 Å². The maximum absolute atomic E-state index is 12.6. The molecular weight excluding hydrogens is 367 g/mol. The Balaban J connectivity index is 1.89. The highest BCUT2D eigenvalue weighted by Gasteiger charge is 2.33. The smallest absolute Gasteiger partial charge is 0.434 e. The van der Waals surface area contributed by atoms with Crippen molar-refractivity contribution in [3.63, 3.8) is 0 Å². The van der Waals surface area contributed by atoms with Gasteiger partial charge in [0.25, 0.3) is 0 Å². The molecule has 2 rings (SSSR count). The van der Waals surface area contributed by atoms with E-state index >= 15 is 0 Å². The van der Waals surface area contributed by atoms with E-state index in [1.807, 2.05) is 13.0 Å². The Morgan fingerprint density at radius 2 is 2.08 bits per heavy atom. The number of thiazole rings is 1. The van der Waals surface area contributed by atoms with Gasteiger partial charge in [-0.3, -0.25) is 4.99 Å². The molecule has 0 saturated carbocycles. The molecule has 10 heteroatoms. The van der Waals surface area contributed by atoms with Gasteiger partial charge in [-0.15, -0.1) is 11.3 Å². The van der Waals surface area contributed by atoms with Gasteiger partial charge >= 0.3 is 6.18 Å². The van der Waals surface area contributed by atoms with Crippen molar-refractivity contribution in [2.24, 2.45) is 4.99 Å². The summed E-state index contributed by atoms with van der Waals surface area (Å²) in [6, 6.07) is 3.69.